The van der Waals surface area contributed by atoms with Crippen molar-refractivity contribution >= 4 is 17.8 Å². The predicted molar refractivity (Wildman–Crippen MR) is 132 cm³/mol. The van der Waals surface area contributed by atoms with Crippen molar-refractivity contribution in [2.24, 2.45) is 11.8 Å². The van der Waals surface area contributed by atoms with E-state index in [4.69, 9.17) is 15.0 Å². The molecule has 0 bridgehead atoms. The first kappa shape index (κ1) is 24.1. The Bertz CT molecular complexity index is 562. The third kappa shape index (κ3) is 8.46. The molecule has 0 atom stereocenters. The Labute approximate surface area is 190 Å². The van der Waals surface area contributed by atoms with Gasteiger partial charge in [-0.25, -0.2) is 0 Å². The fourth-order valence-corrected chi connectivity index (χ4v) is 4.93. The van der Waals surface area contributed by atoms with Crippen LogP contribution in [0.5, 0.6) is 0 Å². The van der Waals surface area contributed by atoms with E-state index < -0.39 is 0 Å². The molecule has 2 saturated carbocycles. The largest absolute Gasteiger partial charge is 0.354 e. The van der Waals surface area contributed by atoms with Crippen LogP contribution in [0.3, 0.4) is 0 Å². The van der Waals surface area contributed by atoms with Crippen molar-refractivity contribution in [2.45, 2.75) is 104 Å². The summed E-state index contributed by atoms with van der Waals surface area (Å²) < 4.78 is 0. The molecule has 1 heterocycles. The molecule has 176 valence electrons. The van der Waals surface area contributed by atoms with Crippen LogP contribution < -0.4 is 15.5 Å². The van der Waals surface area contributed by atoms with Crippen molar-refractivity contribution in [3.63, 3.8) is 0 Å². The Balaban J connectivity index is 1.70. The molecule has 0 radical (unpaired) electrons. The first-order chi connectivity index (χ1) is 15.3. The number of aromatic nitrogens is 3. The molecule has 0 saturated heterocycles. The molecule has 0 aromatic carbocycles. The number of rotatable bonds is 13. The molecule has 0 spiro atoms. The summed E-state index contributed by atoms with van der Waals surface area (Å²) in [5.41, 5.74) is 0. The Hall–Kier alpha value is -1.59. The predicted octanol–water partition coefficient (Wildman–Crippen LogP) is 6.26. The molecule has 1 aromatic heterocycles. The summed E-state index contributed by atoms with van der Waals surface area (Å²) >= 11 is 0. The number of unbranched alkanes of at least 4 members (excludes halogenated alkanes) is 2. The minimum absolute atomic E-state index is 0.750. The molecule has 0 aliphatic heterocycles. The van der Waals surface area contributed by atoms with Gasteiger partial charge in [0.25, 0.3) is 0 Å². The number of hydrogen-bond donors (Lipinski definition) is 2. The van der Waals surface area contributed by atoms with Crippen LogP contribution in [-0.2, 0) is 0 Å². The van der Waals surface area contributed by atoms with E-state index in [1.165, 1.54) is 89.9 Å². The lowest BCUT2D eigenvalue weighted by atomic mass is 9.89. The number of nitrogens with zero attached hydrogens (tertiary/aromatic N) is 4. The molecule has 31 heavy (non-hydrogen) atoms. The second-order valence-electron chi connectivity index (χ2n) is 9.75. The highest BCUT2D eigenvalue weighted by molar-refractivity contribution is 5.44. The van der Waals surface area contributed by atoms with Gasteiger partial charge in [0.2, 0.25) is 17.8 Å². The molecular weight excluding hydrogens is 384 g/mol. The summed E-state index contributed by atoms with van der Waals surface area (Å²) in [5, 5.41) is 7.14. The van der Waals surface area contributed by atoms with Crippen molar-refractivity contribution in [1.29, 1.82) is 0 Å². The molecular formula is C25H46N6. The molecule has 6 heteroatoms. The van der Waals surface area contributed by atoms with Crippen LogP contribution in [0.1, 0.15) is 104 Å². The van der Waals surface area contributed by atoms with Gasteiger partial charge in [0.1, 0.15) is 0 Å². The highest BCUT2D eigenvalue weighted by Gasteiger charge is 2.18. The Morgan fingerprint density at radius 3 is 1.55 bits per heavy atom. The topological polar surface area (TPSA) is 66.0 Å². The van der Waals surface area contributed by atoms with E-state index >= 15 is 0 Å². The Morgan fingerprint density at radius 2 is 1.13 bits per heavy atom. The average Bonchev–Trinajstić information content (AvgIpc) is 2.83. The van der Waals surface area contributed by atoms with Gasteiger partial charge >= 0.3 is 0 Å². The van der Waals surface area contributed by atoms with Crippen LogP contribution in [0, 0.1) is 11.8 Å². The molecule has 2 aliphatic rings. The summed E-state index contributed by atoms with van der Waals surface area (Å²) in [6.07, 6.45) is 18.3. The molecule has 1 aromatic rings. The summed E-state index contributed by atoms with van der Waals surface area (Å²) in [5.74, 6) is 3.85. The molecule has 2 fully saturated rings. The lowest BCUT2D eigenvalue weighted by molar-refractivity contribution is 0.372. The molecule has 6 nitrogen and oxygen atoms in total. The molecule has 0 amide bonds. The zero-order valence-corrected chi connectivity index (χ0v) is 20.2. The van der Waals surface area contributed by atoms with Crippen LogP contribution in [0.15, 0.2) is 0 Å². The van der Waals surface area contributed by atoms with E-state index in [-0.39, 0.29) is 0 Å². The van der Waals surface area contributed by atoms with Crippen molar-refractivity contribution in [1.82, 2.24) is 15.0 Å². The first-order valence-corrected chi connectivity index (χ1v) is 13.3. The fraction of sp³-hybridized carbons (Fsp3) is 0.880. The van der Waals surface area contributed by atoms with Crippen molar-refractivity contribution in [3.8, 4) is 0 Å². The summed E-state index contributed by atoms with van der Waals surface area (Å²) in [7, 11) is 0. The van der Waals surface area contributed by atoms with E-state index in [1.807, 2.05) is 0 Å². The number of anilines is 3. The van der Waals surface area contributed by atoms with Crippen molar-refractivity contribution in [3.05, 3.63) is 0 Å². The quantitative estimate of drug-likeness (QED) is 0.385. The zero-order valence-electron chi connectivity index (χ0n) is 20.2. The van der Waals surface area contributed by atoms with Gasteiger partial charge in [-0.05, 0) is 50.4 Å². The van der Waals surface area contributed by atoms with Gasteiger partial charge in [0.15, 0.2) is 0 Å². The van der Waals surface area contributed by atoms with E-state index in [0.29, 0.717) is 0 Å². The van der Waals surface area contributed by atoms with E-state index in [2.05, 4.69) is 29.4 Å². The zero-order chi connectivity index (χ0) is 21.7. The number of nitrogens with one attached hydrogen (secondary N) is 2. The molecule has 2 aliphatic carbocycles. The van der Waals surface area contributed by atoms with E-state index in [1.54, 1.807) is 0 Å². The van der Waals surface area contributed by atoms with Crippen molar-refractivity contribution < 1.29 is 0 Å². The Kier molecular flexibility index (Phi) is 10.7. The Morgan fingerprint density at radius 1 is 0.677 bits per heavy atom. The van der Waals surface area contributed by atoms with Crippen LogP contribution in [0.25, 0.3) is 0 Å². The molecule has 3 rings (SSSR count). The van der Waals surface area contributed by atoms with Gasteiger partial charge in [0, 0.05) is 26.2 Å². The van der Waals surface area contributed by atoms with Gasteiger partial charge in [-0.2, -0.15) is 15.0 Å². The summed E-state index contributed by atoms with van der Waals surface area (Å²) in [4.78, 5) is 16.9. The normalized spacial score (nSPS) is 18.1. The standard InChI is InChI=1S/C25H46N6/c1-3-5-17-31(18-6-4-2)25-29-23(26-19-21-13-9-7-10-14-21)28-24(30-25)27-20-22-15-11-8-12-16-22/h21-22H,3-20H2,1-2H3,(H2,26,27,28,29,30). The maximum Gasteiger partial charge on any atom is 0.231 e. The van der Waals surface area contributed by atoms with Crippen LogP contribution >= 0.6 is 0 Å². The van der Waals surface area contributed by atoms with Gasteiger partial charge in [0.05, 0.1) is 0 Å². The molecule has 2 N–H and O–H groups in total. The van der Waals surface area contributed by atoms with Gasteiger partial charge in [-0.15, -0.1) is 0 Å². The molecule has 0 unspecified atom stereocenters. The fourth-order valence-electron chi connectivity index (χ4n) is 4.93. The van der Waals surface area contributed by atoms with Crippen LogP contribution in [0.2, 0.25) is 0 Å². The van der Waals surface area contributed by atoms with Crippen molar-refractivity contribution in [2.75, 3.05) is 41.7 Å². The van der Waals surface area contributed by atoms with Crippen LogP contribution in [-0.4, -0.2) is 41.1 Å². The SMILES string of the molecule is CCCCN(CCCC)c1nc(NCC2CCCCC2)nc(NCC2CCCCC2)n1. The minimum Gasteiger partial charge on any atom is -0.354 e. The second kappa shape index (κ2) is 13.7. The lowest BCUT2D eigenvalue weighted by Gasteiger charge is -2.25. The van der Waals surface area contributed by atoms with Crippen LogP contribution in [0.4, 0.5) is 17.8 Å². The van der Waals surface area contributed by atoms with Gasteiger partial charge in [-0.3, -0.25) is 0 Å². The van der Waals surface area contributed by atoms with E-state index in [9.17, 15) is 0 Å². The van der Waals surface area contributed by atoms with Gasteiger partial charge < -0.3 is 15.5 Å². The third-order valence-corrected chi connectivity index (χ3v) is 7.02. The third-order valence-electron chi connectivity index (χ3n) is 7.02. The number of hydrogen-bond acceptors (Lipinski definition) is 6. The maximum absolute atomic E-state index is 4.87. The second-order valence-corrected chi connectivity index (χ2v) is 9.75. The summed E-state index contributed by atoms with van der Waals surface area (Å²) in [6.45, 7) is 8.50. The highest BCUT2D eigenvalue weighted by atomic mass is 15.3. The lowest BCUT2D eigenvalue weighted by Crippen LogP contribution is -2.29. The minimum atomic E-state index is 0.750. The smallest absolute Gasteiger partial charge is 0.231 e. The van der Waals surface area contributed by atoms with Gasteiger partial charge in [-0.1, -0.05) is 65.2 Å². The average molecular weight is 431 g/mol. The summed E-state index contributed by atoms with van der Waals surface area (Å²) in [6, 6.07) is 0. The monoisotopic (exact) mass is 430 g/mol. The maximum atomic E-state index is 4.87. The van der Waals surface area contributed by atoms with E-state index in [0.717, 1.165) is 55.9 Å². The highest BCUT2D eigenvalue weighted by Crippen LogP contribution is 2.25. The first-order valence-electron chi connectivity index (χ1n) is 13.3.